The van der Waals surface area contributed by atoms with E-state index in [1.165, 1.54) is 11.1 Å². The van der Waals surface area contributed by atoms with Gasteiger partial charge in [0.25, 0.3) is 0 Å². The first kappa shape index (κ1) is 22.5. The Balaban J connectivity index is 1.50. The number of nitrogens with one attached hydrogen (secondary N) is 1. The van der Waals surface area contributed by atoms with Crippen molar-refractivity contribution in [3.63, 3.8) is 0 Å². The van der Waals surface area contributed by atoms with Gasteiger partial charge in [-0.05, 0) is 75.1 Å². The van der Waals surface area contributed by atoms with Gasteiger partial charge in [0.05, 0.1) is 24.2 Å². The molecule has 0 aliphatic carbocycles. The first-order valence-corrected chi connectivity index (χ1v) is 11.3. The van der Waals surface area contributed by atoms with Gasteiger partial charge in [0.15, 0.2) is 5.82 Å². The maximum absolute atomic E-state index is 12.6. The standard InChI is InChI=1S/C27H30N4O2/c1-6-21-7-9-22(10-8-21)33-12-11-26(32)28-25-16-20(5)30-31(25)24-15-18(3)23-14-17(2)13-19(4)27(23)29-24/h7-10,13-16H,6,11-12H2,1-5H3,(H,28,32). The van der Waals surface area contributed by atoms with Gasteiger partial charge in [0.1, 0.15) is 11.6 Å². The number of pyridine rings is 1. The van der Waals surface area contributed by atoms with E-state index in [1.54, 1.807) is 4.68 Å². The summed E-state index contributed by atoms with van der Waals surface area (Å²) in [5, 5.41) is 8.68. The van der Waals surface area contributed by atoms with E-state index in [-0.39, 0.29) is 12.3 Å². The highest BCUT2D eigenvalue weighted by Gasteiger charge is 2.14. The number of rotatable bonds is 7. The zero-order valence-electron chi connectivity index (χ0n) is 19.9. The number of benzene rings is 2. The molecule has 2 heterocycles. The van der Waals surface area contributed by atoms with Gasteiger partial charge < -0.3 is 10.1 Å². The number of ether oxygens (including phenoxy) is 1. The number of nitrogens with zero attached hydrogens (tertiary/aromatic N) is 3. The van der Waals surface area contributed by atoms with Crippen LogP contribution in [-0.2, 0) is 11.2 Å². The van der Waals surface area contributed by atoms with Crippen molar-refractivity contribution in [2.24, 2.45) is 0 Å². The zero-order valence-corrected chi connectivity index (χ0v) is 19.9. The van der Waals surface area contributed by atoms with Crippen molar-refractivity contribution in [3.8, 4) is 11.6 Å². The average Bonchev–Trinajstić information content (AvgIpc) is 3.14. The van der Waals surface area contributed by atoms with Crippen LogP contribution in [-0.4, -0.2) is 27.3 Å². The predicted molar refractivity (Wildman–Crippen MR) is 132 cm³/mol. The van der Waals surface area contributed by atoms with Gasteiger partial charge in [-0.25, -0.2) is 4.98 Å². The average molecular weight is 443 g/mol. The monoisotopic (exact) mass is 442 g/mol. The molecular formula is C27H30N4O2. The third-order valence-electron chi connectivity index (χ3n) is 5.69. The first-order chi connectivity index (χ1) is 15.8. The highest BCUT2D eigenvalue weighted by atomic mass is 16.5. The highest BCUT2D eigenvalue weighted by Crippen LogP contribution is 2.26. The Morgan fingerprint density at radius 3 is 2.48 bits per heavy atom. The van der Waals surface area contributed by atoms with Crippen LogP contribution in [0.4, 0.5) is 5.82 Å². The van der Waals surface area contributed by atoms with E-state index in [9.17, 15) is 4.79 Å². The number of hydrogen-bond donors (Lipinski definition) is 1. The van der Waals surface area contributed by atoms with Crippen molar-refractivity contribution in [2.45, 2.75) is 47.5 Å². The molecule has 0 radical (unpaired) electrons. The molecule has 0 saturated carbocycles. The lowest BCUT2D eigenvalue weighted by atomic mass is 10.0. The predicted octanol–water partition coefficient (Wildman–Crippen LogP) is 5.62. The number of amides is 1. The summed E-state index contributed by atoms with van der Waals surface area (Å²) < 4.78 is 7.42. The first-order valence-electron chi connectivity index (χ1n) is 11.3. The number of hydrogen-bond acceptors (Lipinski definition) is 4. The summed E-state index contributed by atoms with van der Waals surface area (Å²) in [6.45, 7) is 10.6. The minimum absolute atomic E-state index is 0.134. The number of aromatic nitrogens is 3. The van der Waals surface area contributed by atoms with Gasteiger partial charge in [-0.15, -0.1) is 0 Å². The van der Waals surface area contributed by atoms with Crippen LogP contribution in [0.15, 0.2) is 48.5 Å². The summed E-state index contributed by atoms with van der Waals surface area (Å²) in [6, 6.07) is 16.1. The summed E-state index contributed by atoms with van der Waals surface area (Å²) >= 11 is 0. The lowest BCUT2D eigenvalue weighted by Crippen LogP contribution is -2.18. The lowest BCUT2D eigenvalue weighted by molar-refractivity contribution is -0.116. The van der Waals surface area contributed by atoms with Crippen LogP contribution < -0.4 is 10.1 Å². The third-order valence-corrected chi connectivity index (χ3v) is 5.69. The largest absolute Gasteiger partial charge is 0.493 e. The van der Waals surface area contributed by atoms with Crippen LogP contribution in [0.1, 0.15) is 41.3 Å². The van der Waals surface area contributed by atoms with Crippen molar-refractivity contribution < 1.29 is 9.53 Å². The molecule has 0 atom stereocenters. The fraction of sp³-hybridized carbons (Fsp3) is 0.296. The van der Waals surface area contributed by atoms with Crippen LogP contribution in [0.5, 0.6) is 5.75 Å². The molecule has 0 bridgehead atoms. The smallest absolute Gasteiger partial charge is 0.228 e. The second kappa shape index (κ2) is 9.45. The van der Waals surface area contributed by atoms with E-state index >= 15 is 0 Å². The third kappa shape index (κ3) is 5.06. The fourth-order valence-electron chi connectivity index (χ4n) is 3.99. The number of carbonyl (C=O) groups is 1. The van der Waals surface area contributed by atoms with Crippen molar-refractivity contribution in [1.82, 2.24) is 14.8 Å². The molecule has 1 amide bonds. The molecular weight excluding hydrogens is 412 g/mol. The molecule has 0 spiro atoms. The van der Waals surface area contributed by atoms with Crippen molar-refractivity contribution in [2.75, 3.05) is 11.9 Å². The van der Waals surface area contributed by atoms with Gasteiger partial charge in [0, 0.05) is 11.5 Å². The van der Waals surface area contributed by atoms with Gasteiger partial charge in [0.2, 0.25) is 5.91 Å². The Labute approximate surface area is 194 Å². The van der Waals surface area contributed by atoms with Gasteiger partial charge in [-0.2, -0.15) is 9.78 Å². The summed E-state index contributed by atoms with van der Waals surface area (Å²) in [5.74, 6) is 1.91. The molecule has 33 heavy (non-hydrogen) atoms. The van der Waals surface area contributed by atoms with Crippen LogP contribution in [0.3, 0.4) is 0 Å². The van der Waals surface area contributed by atoms with E-state index in [4.69, 9.17) is 9.72 Å². The van der Waals surface area contributed by atoms with E-state index in [2.05, 4.69) is 50.2 Å². The van der Waals surface area contributed by atoms with Crippen molar-refractivity contribution in [1.29, 1.82) is 0 Å². The summed E-state index contributed by atoms with van der Waals surface area (Å²) in [4.78, 5) is 17.5. The Kier molecular flexibility index (Phi) is 6.45. The Morgan fingerprint density at radius 1 is 1.00 bits per heavy atom. The van der Waals surface area contributed by atoms with Crippen LogP contribution in [0.25, 0.3) is 16.7 Å². The van der Waals surface area contributed by atoms with Crippen molar-refractivity contribution in [3.05, 3.63) is 76.5 Å². The maximum atomic E-state index is 12.6. The Hall–Kier alpha value is -3.67. The van der Waals surface area contributed by atoms with Crippen LogP contribution in [0.2, 0.25) is 0 Å². The Bertz CT molecular complexity index is 1310. The van der Waals surface area contributed by atoms with Gasteiger partial charge >= 0.3 is 0 Å². The quantitative estimate of drug-likeness (QED) is 0.403. The minimum atomic E-state index is -0.134. The van der Waals surface area contributed by atoms with E-state index < -0.39 is 0 Å². The topological polar surface area (TPSA) is 69.0 Å². The summed E-state index contributed by atoms with van der Waals surface area (Å²) in [7, 11) is 0. The fourth-order valence-corrected chi connectivity index (χ4v) is 3.99. The molecule has 4 rings (SSSR count). The molecule has 4 aromatic rings. The molecule has 170 valence electrons. The molecule has 1 N–H and O–H groups in total. The molecule has 0 unspecified atom stereocenters. The molecule has 6 nitrogen and oxygen atoms in total. The zero-order chi connectivity index (χ0) is 23.5. The van der Waals surface area contributed by atoms with Crippen LogP contribution >= 0.6 is 0 Å². The highest BCUT2D eigenvalue weighted by molar-refractivity contribution is 5.90. The van der Waals surface area contributed by atoms with Crippen molar-refractivity contribution >= 4 is 22.6 Å². The number of anilines is 1. The molecule has 0 fully saturated rings. The minimum Gasteiger partial charge on any atom is -0.493 e. The van der Waals surface area contributed by atoms with Gasteiger partial charge in [-0.3, -0.25) is 4.79 Å². The summed E-state index contributed by atoms with van der Waals surface area (Å²) in [5.41, 5.74) is 6.46. The molecule has 0 saturated heterocycles. The number of carbonyl (C=O) groups excluding carboxylic acids is 1. The Morgan fingerprint density at radius 2 is 1.76 bits per heavy atom. The van der Waals surface area contributed by atoms with E-state index in [0.717, 1.165) is 39.9 Å². The van der Waals surface area contributed by atoms with E-state index in [1.807, 2.05) is 43.3 Å². The maximum Gasteiger partial charge on any atom is 0.228 e. The second-order valence-corrected chi connectivity index (χ2v) is 8.50. The number of aryl methyl sites for hydroxylation is 5. The van der Waals surface area contributed by atoms with Crippen LogP contribution in [0, 0.1) is 27.7 Å². The summed E-state index contributed by atoms with van der Waals surface area (Å²) in [6.07, 6.45) is 1.23. The normalized spacial score (nSPS) is 11.1. The molecule has 0 aliphatic rings. The lowest BCUT2D eigenvalue weighted by Gasteiger charge is -2.12. The van der Waals surface area contributed by atoms with E-state index in [0.29, 0.717) is 18.2 Å². The molecule has 6 heteroatoms. The SMILES string of the molecule is CCc1ccc(OCCC(=O)Nc2cc(C)nn2-c2cc(C)c3cc(C)cc(C)c3n2)cc1. The molecule has 2 aromatic carbocycles. The molecule has 0 aliphatic heterocycles. The molecule has 2 aromatic heterocycles. The van der Waals surface area contributed by atoms with Gasteiger partial charge in [-0.1, -0.05) is 30.7 Å². The number of fused-ring (bicyclic) bond motifs is 1. The second-order valence-electron chi connectivity index (χ2n) is 8.50.